The van der Waals surface area contributed by atoms with Crippen molar-refractivity contribution in [2.75, 3.05) is 6.61 Å². The van der Waals surface area contributed by atoms with Crippen molar-refractivity contribution in [2.45, 2.75) is 46.1 Å². The number of unbranched alkanes of at least 4 members (excludes halogenated alkanes) is 1. The minimum atomic E-state index is -0.919. The maximum atomic E-state index is 10.4. The monoisotopic (exact) mass is 296 g/mol. The Balaban J connectivity index is 2.33. The van der Waals surface area contributed by atoms with Crippen LogP contribution in [0.25, 0.3) is 6.08 Å². The maximum Gasteiger partial charge on any atom is 0.328 e. The van der Waals surface area contributed by atoms with Gasteiger partial charge in [-0.25, -0.2) is 4.79 Å². The Kier molecular flexibility index (Phi) is 8.23. The lowest BCUT2D eigenvalue weighted by Gasteiger charge is -2.14. The number of hydrogen-bond donors (Lipinski definition) is 1. The summed E-state index contributed by atoms with van der Waals surface area (Å²) in [5.41, 5.74) is 0. The number of ether oxygens (including phenoxy) is 1. The smallest absolute Gasteiger partial charge is 0.328 e. The molecule has 20 heavy (non-hydrogen) atoms. The molecule has 0 aliphatic heterocycles. The Labute approximate surface area is 125 Å². The number of aliphatic carboxylic acids is 1. The van der Waals surface area contributed by atoms with Gasteiger partial charge in [-0.2, -0.15) is 0 Å². The minimum Gasteiger partial charge on any atom is -0.478 e. The van der Waals surface area contributed by atoms with E-state index in [1.54, 1.807) is 17.4 Å². The van der Waals surface area contributed by atoms with Crippen LogP contribution in [0.3, 0.4) is 0 Å². The van der Waals surface area contributed by atoms with Gasteiger partial charge in [0.25, 0.3) is 0 Å². The summed E-state index contributed by atoms with van der Waals surface area (Å²) in [4.78, 5) is 12.5. The fourth-order valence-electron chi connectivity index (χ4n) is 1.94. The molecule has 4 heteroatoms. The van der Waals surface area contributed by atoms with E-state index in [-0.39, 0.29) is 0 Å². The third kappa shape index (κ3) is 6.87. The second kappa shape index (κ2) is 9.72. The van der Waals surface area contributed by atoms with Crippen molar-refractivity contribution in [1.82, 2.24) is 0 Å². The van der Waals surface area contributed by atoms with Gasteiger partial charge in [0.05, 0.1) is 6.61 Å². The zero-order valence-corrected chi connectivity index (χ0v) is 13.1. The summed E-state index contributed by atoms with van der Waals surface area (Å²) < 4.78 is 5.78. The molecule has 1 unspecified atom stereocenters. The normalized spacial score (nSPS) is 12.9. The van der Waals surface area contributed by atoms with Crippen LogP contribution in [0.15, 0.2) is 18.2 Å². The van der Waals surface area contributed by atoms with Crippen molar-refractivity contribution in [3.8, 4) is 0 Å². The minimum absolute atomic E-state index is 0.619. The topological polar surface area (TPSA) is 46.5 Å². The summed E-state index contributed by atoms with van der Waals surface area (Å²) in [6, 6.07) is 3.93. The molecule has 0 radical (unpaired) electrons. The fourth-order valence-corrected chi connectivity index (χ4v) is 2.79. The highest BCUT2D eigenvalue weighted by Crippen LogP contribution is 2.20. The summed E-state index contributed by atoms with van der Waals surface area (Å²) >= 11 is 1.58. The number of rotatable bonds is 10. The predicted molar refractivity (Wildman–Crippen MR) is 84.0 cm³/mol. The highest BCUT2D eigenvalue weighted by atomic mass is 32.1. The Bertz CT molecular complexity index is 423. The standard InChI is InChI=1S/C16H24O3S/c1-3-5-6-13(4-2)11-19-12-15-8-7-14(20-15)9-10-16(17)18/h7-10,13H,3-6,11-12H2,1-2H3,(H,17,18). The molecule has 0 spiro atoms. The van der Waals surface area contributed by atoms with Gasteiger partial charge in [0.1, 0.15) is 0 Å². The van der Waals surface area contributed by atoms with Gasteiger partial charge in [-0.1, -0.05) is 33.1 Å². The van der Waals surface area contributed by atoms with Crippen LogP contribution in [-0.2, 0) is 16.1 Å². The van der Waals surface area contributed by atoms with E-state index in [0.717, 1.165) is 28.9 Å². The first kappa shape index (κ1) is 16.9. The maximum absolute atomic E-state index is 10.4. The average molecular weight is 296 g/mol. The van der Waals surface area contributed by atoms with E-state index in [9.17, 15) is 4.79 Å². The number of carboxylic acids is 1. The Morgan fingerprint density at radius 3 is 2.90 bits per heavy atom. The number of hydrogen-bond acceptors (Lipinski definition) is 3. The van der Waals surface area contributed by atoms with Gasteiger partial charge in [-0.15, -0.1) is 11.3 Å². The number of carboxylic acid groups (broad SMARTS) is 1. The van der Waals surface area contributed by atoms with Crippen molar-refractivity contribution in [2.24, 2.45) is 5.92 Å². The molecule has 0 bridgehead atoms. The van der Waals surface area contributed by atoms with E-state index < -0.39 is 5.97 Å². The molecular weight excluding hydrogens is 272 g/mol. The molecule has 1 rings (SSSR count). The summed E-state index contributed by atoms with van der Waals surface area (Å²) in [6.45, 7) is 5.86. The summed E-state index contributed by atoms with van der Waals surface area (Å²) in [7, 11) is 0. The first-order chi connectivity index (χ1) is 9.65. The highest BCUT2D eigenvalue weighted by molar-refractivity contribution is 7.12. The lowest BCUT2D eigenvalue weighted by molar-refractivity contribution is -0.131. The average Bonchev–Trinajstić information content (AvgIpc) is 2.88. The van der Waals surface area contributed by atoms with Crippen molar-refractivity contribution >= 4 is 23.4 Å². The first-order valence-corrected chi connectivity index (χ1v) is 8.04. The van der Waals surface area contributed by atoms with Crippen molar-refractivity contribution in [1.29, 1.82) is 0 Å². The second-order valence-corrected chi connectivity index (χ2v) is 6.11. The highest BCUT2D eigenvalue weighted by Gasteiger charge is 2.06. The van der Waals surface area contributed by atoms with Gasteiger partial charge in [-0.05, 0) is 30.5 Å². The summed E-state index contributed by atoms with van der Waals surface area (Å²) in [6.07, 6.45) is 7.69. The molecule has 0 aliphatic carbocycles. The Hall–Kier alpha value is -1.13. The quantitative estimate of drug-likeness (QED) is 0.643. The van der Waals surface area contributed by atoms with E-state index in [0.29, 0.717) is 12.5 Å². The molecule has 0 saturated carbocycles. The van der Waals surface area contributed by atoms with Gasteiger partial charge in [-0.3, -0.25) is 0 Å². The van der Waals surface area contributed by atoms with Crippen molar-refractivity contribution in [3.05, 3.63) is 28.0 Å². The molecule has 0 saturated heterocycles. The first-order valence-electron chi connectivity index (χ1n) is 7.23. The zero-order chi connectivity index (χ0) is 14.8. The lowest BCUT2D eigenvalue weighted by atomic mass is 10.0. The number of carbonyl (C=O) groups is 1. The summed E-state index contributed by atoms with van der Waals surface area (Å²) in [5.74, 6) is -0.265. The largest absolute Gasteiger partial charge is 0.478 e. The van der Waals surface area contributed by atoms with Gasteiger partial charge < -0.3 is 9.84 Å². The Morgan fingerprint density at radius 2 is 2.25 bits per heavy atom. The van der Waals surface area contributed by atoms with E-state index in [2.05, 4.69) is 13.8 Å². The van der Waals surface area contributed by atoms with Gasteiger partial charge in [0.2, 0.25) is 0 Å². The molecule has 1 N–H and O–H groups in total. The fraction of sp³-hybridized carbons (Fsp3) is 0.562. The molecule has 1 atom stereocenters. The molecule has 0 aliphatic rings. The van der Waals surface area contributed by atoms with Crippen LogP contribution < -0.4 is 0 Å². The van der Waals surface area contributed by atoms with Crippen LogP contribution >= 0.6 is 11.3 Å². The van der Waals surface area contributed by atoms with Crippen LogP contribution in [0.2, 0.25) is 0 Å². The van der Waals surface area contributed by atoms with E-state index in [1.807, 2.05) is 12.1 Å². The zero-order valence-electron chi connectivity index (χ0n) is 12.3. The lowest BCUT2D eigenvalue weighted by Crippen LogP contribution is -2.08. The van der Waals surface area contributed by atoms with Crippen LogP contribution in [0.4, 0.5) is 0 Å². The van der Waals surface area contributed by atoms with Gasteiger partial charge in [0, 0.05) is 22.4 Å². The van der Waals surface area contributed by atoms with Crippen molar-refractivity contribution in [3.63, 3.8) is 0 Å². The van der Waals surface area contributed by atoms with Crippen molar-refractivity contribution < 1.29 is 14.6 Å². The molecular formula is C16H24O3S. The third-order valence-electron chi connectivity index (χ3n) is 3.21. The molecule has 0 aromatic carbocycles. The van der Waals surface area contributed by atoms with Crippen LogP contribution in [0, 0.1) is 5.92 Å². The third-order valence-corrected chi connectivity index (χ3v) is 4.24. The molecule has 0 amide bonds. The molecule has 3 nitrogen and oxygen atoms in total. The van der Waals surface area contributed by atoms with Crippen LogP contribution in [0.5, 0.6) is 0 Å². The predicted octanol–water partition coefficient (Wildman–Crippen LogP) is 4.58. The SMILES string of the molecule is CCCCC(CC)COCc1ccc(C=CC(=O)O)s1. The van der Waals surface area contributed by atoms with Crippen LogP contribution in [-0.4, -0.2) is 17.7 Å². The van der Waals surface area contributed by atoms with E-state index in [1.165, 1.54) is 19.3 Å². The molecule has 0 fully saturated rings. The second-order valence-electron chi connectivity index (χ2n) is 4.91. The van der Waals surface area contributed by atoms with Crippen LogP contribution in [0.1, 0.15) is 49.3 Å². The van der Waals surface area contributed by atoms with E-state index in [4.69, 9.17) is 9.84 Å². The Morgan fingerprint density at radius 1 is 1.45 bits per heavy atom. The van der Waals surface area contributed by atoms with Gasteiger partial charge in [0.15, 0.2) is 0 Å². The van der Waals surface area contributed by atoms with E-state index >= 15 is 0 Å². The molecule has 1 aromatic heterocycles. The molecule has 1 aromatic rings. The van der Waals surface area contributed by atoms with Gasteiger partial charge >= 0.3 is 5.97 Å². The molecule has 112 valence electrons. The molecule has 1 heterocycles. The number of thiophene rings is 1. The summed E-state index contributed by atoms with van der Waals surface area (Å²) in [5, 5.41) is 8.58.